The fraction of sp³-hybridized carbons (Fsp3) is 0.471. The number of carbonyl (C=O) groups is 1. The van der Waals surface area contributed by atoms with E-state index in [1.807, 2.05) is 20.8 Å². The molecule has 9 heteroatoms. The second kappa shape index (κ2) is 8.41. The van der Waals surface area contributed by atoms with Gasteiger partial charge >= 0.3 is 0 Å². The van der Waals surface area contributed by atoms with Gasteiger partial charge in [0.1, 0.15) is 0 Å². The summed E-state index contributed by atoms with van der Waals surface area (Å²) in [5.41, 5.74) is 0.288. The van der Waals surface area contributed by atoms with E-state index in [0.29, 0.717) is 12.2 Å². The van der Waals surface area contributed by atoms with E-state index in [4.69, 9.17) is 4.52 Å². The maximum Gasteiger partial charge on any atom is 0.251 e. The van der Waals surface area contributed by atoms with Gasteiger partial charge in [-0.1, -0.05) is 18.1 Å². The molecule has 0 fully saturated rings. The molecule has 1 aromatic heterocycles. The summed E-state index contributed by atoms with van der Waals surface area (Å²) in [5, 5.41) is 6.56. The predicted molar refractivity (Wildman–Crippen MR) is 96.0 cm³/mol. The van der Waals surface area contributed by atoms with Gasteiger partial charge in [-0.2, -0.15) is 9.29 Å². The van der Waals surface area contributed by atoms with Gasteiger partial charge in [0.2, 0.25) is 15.9 Å². The van der Waals surface area contributed by atoms with E-state index in [2.05, 4.69) is 15.5 Å². The summed E-state index contributed by atoms with van der Waals surface area (Å²) in [6.07, 6.45) is 1.55. The summed E-state index contributed by atoms with van der Waals surface area (Å²) in [7, 11) is -2.37. The first kappa shape index (κ1) is 20.1. The molecule has 142 valence electrons. The molecule has 0 radical (unpaired) electrons. The highest BCUT2D eigenvalue weighted by Gasteiger charge is 2.24. The zero-order valence-corrected chi connectivity index (χ0v) is 16.2. The third-order valence-electron chi connectivity index (χ3n) is 3.57. The first-order valence-corrected chi connectivity index (χ1v) is 9.86. The van der Waals surface area contributed by atoms with Crippen LogP contribution < -0.4 is 5.32 Å². The largest absolute Gasteiger partial charge is 0.350 e. The molecular weight excluding hydrogens is 356 g/mol. The van der Waals surface area contributed by atoms with Crippen molar-refractivity contribution in [3.8, 4) is 0 Å². The SMILES string of the molecule is CCCc1noc(CN(C)S(=O)(=O)c2cccc(C(=O)NC(C)C)c2)n1. The van der Waals surface area contributed by atoms with E-state index in [1.165, 1.54) is 19.2 Å². The van der Waals surface area contributed by atoms with Crippen LogP contribution in [-0.2, 0) is 23.0 Å². The van der Waals surface area contributed by atoms with E-state index >= 15 is 0 Å². The van der Waals surface area contributed by atoms with E-state index < -0.39 is 10.0 Å². The van der Waals surface area contributed by atoms with E-state index in [9.17, 15) is 13.2 Å². The molecule has 0 atom stereocenters. The van der Waals surface area contributed by atoms with Crippen molar-refractivity contribution in [2.75, 3.05) is 7.05 Å². The lowest BCUT2D eigenvalue weighted by Gasteiger charge is -2.16. The molecule has 0 saturated heterocycles. The maximum atomic E-state index is 12.8. The average Bonchev–Trinajstić information content (AvgIpc) is 3.01. The van der Waals surface area contributed by atoms with Crippen LogP contribution in [-0.4, -0.2) is 41.9 Å². The van der Waals surface area contributed by atoms with Crippen LogP contribution >= 0.6 is 0 Å². The Balaban J connectivity index is 2.18. The Kier molecular flexibility index (Phi) is 6.49. The number of hydrogen-bond donors (Lipinski definition) is 1. The fourth-order valence-electron chi connectivity index (χ4n) is 2.28. The standard InChI is InChI=1S/C17H24N4O4S/c1-5-7-15-19-16(25-20-15)11-21(4)26(23,24)14-9-6-8-13(10-14)17(22)18-12(2)3/h6,8-10,12H,5,7,11H2,1-4H3,(H,18,22). The highest BCUT2D eigenvalue weighted by atomic mass is 32.2. The number of nitrogens with one attached hydrogen (secondary N) is 1. The molecule has 2 rings (SSSR count). The van der Waals surface area contributed by atoms with Crippen molar-refractivity contribution < 1.29 is 17.7 Å². The van der Waals surface area contributed by atoms with E-state index in [-0.39, 0.29) is 34.8 Å². The minimum Gasteiger partial charge on any atom is -0.350 e. The summed E-state index contributed by atoms with van der Waals surface area (Å²) in [6, 6.07) is 5.89. The quantitative estimate of drug-likeness (QED) is 0.751. The molecule has 1 heterocycles. The second-order valence-corrected chi connectivity index (χ2v) is 8.32. The lowest BCUT2D eigenvalue weighted by atomic mass is 10.2. The first-order chi connectivity index (χ1) is 12.2. The van der Waals surface area contributed by atoms with Gasteiger partial charge in [0.15, 0.2) is 5.82 Å². The van der Waals surface area contributed by atoms with Crippen molar-refractivity contribution in [1.29, 1.82) is 0 Å². The Bertz CT molecular complexity index is 861. The van der Waals surface area contributed by atoms with E-state index in [1.54, 1.807) is 12.1 Å². The molecule has 0 aliphatic rings. The number of aromatic nitrogens is 2. The van der Waals surface area contributed by atoms with Gasteiger partial charge in [-0.15, -0.1) is 0 Å². The molecule has 0 saturated carbocycles. The number of sulfonamides is 1. The van der Waals surface area contributed by atoms with Crippen molar-refractivity contribution >= 4 is 15.9 Å². The van der Waals surface area contributed by atoms with Gasteiger partial charge in [0, 0.05) is 25.1 Å². The third kappa shape index (κ3) is 4.89. The number of benzene rings is 1. The maximum absolute atomic E-state index is 12.8. The fourth-order valence-corrected chi connectivity index (χ4v) is 3.44. The highest BCUT2D eigenvalue weighted by Crippen LogP contribution is 2.18. The van der Waals surface area contributed by atoms with Crippen molar-refractivity contribution in [3.63, 3.8) is 0 Å². The van der Waals surface area contributed by atoms with Crippen LogP contribution in [0.25, 0.3) is 0 Å². The normalized spacial score (nSPS) is 11.9. The zero-order valence-electron chi connectivity index (χ0n) is 15.4. The van der Waals surface area contributed by atoms with Crippen LogP contribution in [0.1, 0.15) is 49.3 Å². The van der Waals surface area contributed by atoms with Gasteiger partial charge in [-0.25, -0.2) is 8.42 Å². The molecular formula is C17H24N4O4S. The number of hydrogen-bond acceptors (Lipinski definition) is 6. The molecule has 0 unspecified atom stereocenters. The average molecular weight is 380 g/mol. The summed E-state index contributed by atoms with van der Waals surface area (Å²) in [6.45, 7) is 5.63. The van der Waals surface area contributed by atoms with Gasteiger partial charge < -0.3 is 9.84 Å². The van der Waals surface area contributed by atoms with Crippen molar-refractivity contribution in [2.24, 2.45) is 0 Å². The highest BCUT2D eigenvalue weighted by molar-refractivity contribution is 7.89. The summed E-state index contributed by atoms with van der Waals surface area (Å²) in [5.74, 6) is 0.467. The Hall–Kier alpha value is -2.26. The van der Waals surface area contributed by atoms with Crippen molar-refractivity contribution in [1.82, 2.24) is 19.8 Å². The van der Waals surface area contributed by atoms with Gasteiger partial charge in [0.05, 0.1) is 11.4 Å². The molecule has 1 aromatic carbocycles. The lowest BCUT2D eigenvalue weighted by Crippen LogP contribution is -2.30. The monoisotopic (exact) mass is 380 g/mol. The van der Waals surface area contributed by atoms with Crippen molar-refractivity contribution in [2.45, 2.75) is 51.1 Å². The molecule has 1 N–H and O–H groups in total. The van der Waals surface area contributed by atoms with Gasteiger partial charge in [-0.05, 0) is 38.5 Å². The first-order valence-electron chi connectivity index (χ1n) is 8.42. The Labute approximate surface area is 153 Å². The number of aryl methyl sites for hydroxylation is 1. The van der Waals surface area contributed by atoms with Gasteiger partial charge in [-0.3, -0.25) is 4.79 Å². The van der Waals surface area contributed by atoms with Gasteiger partial charge in [0.25, 0.3) is 5.91 Å². The Morgan fingerprint density at radius 3 is 2.73 bits per heavy atom. The van der Waals surface area contributed by atoms with Crippen LogP contribution in [0.5, 0.6) is 0 Å². The third-order valence-corrected chi connectivity index (χ3v) is 5.37. The molecule has 26 heavy (non-hydrogen) atoms. The van der Waals surface area contributed by atoms with Crippen LogP contribution in [0.3, 0.4) is 0 Å². The molecule has 2 aromatic rings. The summed E-state index contributed by atoms with van der Waals surface area (Å²) >= 11 is 0. The molecule has 0 spiro atoms. The number of amides is 1. The Morgan fingerprint density at radius 1 is 1.35 bits per heavy atom. The summed E-state index contributed by atoms with van der Waals surface area (Å²) < 4.78 is 31.8. The van der Waals surface area contributed by atoms with E-state index in [0.717, 1.165) is 10.7 Å². The number of nitrogens with zero attached hydrogens (tertiary/aromatic N) is 3. The lowest BCUT2D eigenvalue weighted by molar-refractivity contribution is 0.0943. The number of rotatable bonds is 8. The molecule has 0 aliphatic carbocycles. The topological polar surface area (TPSA) is 105 Å². The minimum atomic E-state index is -3.80. The Morgan fingerprint density at radius 2 is 2.08 bits per heavy atom. The molecule has 8 nitrogen and oxygen atoms in total. The molecule has 1 amide bonds. The second-order valence-electron chi connectivity index (χ2n) is 6.27. The smallest absolute Gasteiger partial charge is 0.251 e. The van der Waals surface area contributed by atoms with Crippen LogP contribution in [0.4, 0.5) is 0 Å². The zero-order chi connectivity index (χ0) is 19.3. The van der Waals surface area contributed by atoms with Crippen LogP contribution in [0.15, 0.2) is 33.7 Å². The molecule has 0 bridgehead atoms. The minimum absolute atomic E-state index is 0.0321. The van der Waals surface area contributed by atoms with Crippen LogP contribution in [0.2, 0.25) is 0 Å². The molecule has 0 aliphatic heterocycles. The number of carbonyl (C=O) groups excluding carboxylic acids is 1. The van der Waals surface area contributed by atoms with Crippen LogP contribution in [0, 0.1) is 0 Å². The summed E-state index contributed by atoms with van der Waals surface area (Å²) in [4.78, 5) is 16.3. The predicted octanol–water partition coefficient (Wildman–Crippen LogP) is 1.98. The van der Waals surface area contributed by atoms with Crippen molar-refractivity contribution in [3.05, 3.63) is 41.5 Å².